The molecular formula is C17H22BrN3O3. The number of amides is 2. The molecule has 2 saturated heterocycles. The van der Waals surface area contributed by atoms with Crippen molar-refractivity contribution in [3.05, 3.63) is 28.2 Å². The van der Waals surface area contributed by atoms with Crippen LogP contribution in [-0.4, -0.2) is 67.5 Å². The van der Waals surface area contributed by atoms with E-state index in [1.807, 2.05) is 15.9 Å². The van der Waals surface area contributed by atoms with Crippen molar-refractivity contribution in [2.45, 2.75) is 18.9 Å². The smallest absolute Gasteiger partial charge is 0.257 e. The molecule has 0 aliphatic carbocycles. The molecule has 1 unspecified atom stereocenters. The molecule has 0 bridgehead atoms. The Kier molecular flexibility index (Phi) is 5.40. The van der Waals surface area contributed by atoms with Crippen molar-refractivity contribution >= 4 is 27.7 Å². The van der Waals surface area contributed by atoms with Crippen LogP contribution in [0.1, 0.15) is 23.2 Å². The maximum atomic E-state index is 12.9. The van der Waals surface area contributed by atoms with Gasteiger partial charge >= 0.3 is 0 Å². The number of methoxy groups -OCH3 is 1. The van der Waals surface area contributed by atoms with Crippen LogP contribution in [0.2, 0.25) is 0 Å². The fourth-order valence-electron chi connectivity index (χ4n) is 3.41. The van der Waals surface area contributed by atoms with Gasteiger partial charge in [0.1, 0.15) is 5.75 Å². The summed E-state index contributed by atoms with van der Waals surface area (Å²) in [4.78, 5) is 28.8. The molecule has 3 rings (SSSR count). The summed E-state index contributed by atoms with van der Waals surface area (Å²) in [6.07, 6.45) is 1.86. The molecule has 0 saturated carbocycles. The van der Waals surface area contributed by atoms with E-state index in [0.717, 1.165) is 30.4 Å². The number of hydrogen-bond donors (Lipinski definition) is 1. The number of likely N-dealkylation sites (tertiary alicyclic amines) is 1. The predicted molar refractivity (Wildman–Crippen MR) is 94.2 cm³/mol. The highest BCUT2D eigenvalue weighted by molar-refractivity contribution is 9.10. The second-order valence-electron chi connectivity index (χ2n) is 6.16. The third-order valence-corrected chi connectivity index (χ3v) is 5.14. The van der Waals surface area contributed by atoms with Crippen molar-refractivity contribution in [2.24, 2.45) is 0 Å². The fourth-order valence-corrected chi connectivity index (χ4v) is 3.75. The Morgan fingerprint density at radius 1 is 1.38 bits per heavy atom. The molecule has 6 nitrogen and oxygen atoms in total. The number of carbonyl (C=O) groups is 2. The summed E-state index contributed by atoms with van der Waals surface area (Å²) in [6, 6.07) is 5.54. The topological polar surface area (TPSA) is 61.9 Å². The zero-order valence-corrected chi connectivity index (χ0v) is 15.3. The number of hydrogen-bond acceptors (Lipinski definition) is 4. The molecule has 1 N–H and O–H groups in total. The lowest BCUT2D eigenvalue weighted by Gasteiger charge is -2.41. The number of halogens is 1. The fraction of sp³-hybridized carbons (Fsp3) is 0.529. The van der Waals surface area contributed by atoms with Gasteiger partial charge in [-0.25, -0.2) is 0 Å². The SMILES string of the molecule is COc1cc(Br)ccc1C(=O)N1CCCC(N2CCNCC2=O)C1. The second kappa shape index (κ2) is 7.53. The van der Waals surface area contributed by atoms with Gasteiger partial charge in [-0.05, 0) is 31.0 Å². The lowest BCUT2D eigenvalue weighted by Crippen LogP contribution is -2.57. The van der Waals surface area contributed by atoms with Gasteiger partial charge in [0.15, 0.2) is 0 Å². The number of ether oxygens (including phenoxy) is 1. The first-order chi connectivity index (χ1) is 11.6. The number of piperidine rings is 1. The van der Waals surface area contributed by atoms with E-state index in [0.29, 0.717) is 30.9 Å². The van der Waals surface area contributed by atoms with Crippen molar-refractivity contribution in [1.82, 2.24) is 15.1 Å². The van der Waals surface area contributed by atoms with Crippen LogP contribution < -0.4 is 10.1 Å². The molecule has 7 heteroatoms. The van der Waals surface area contributed by atoms with Gasteiger partial charge in [-0.2, -0.15) is 0 Å². The molecule has 0 radical (unpaired) electrons. The quantitative estimate of drug-likeness (QED) is 0.841. The largest absolute Gasteiger partial charge is 0.496 e. The first-order valence-electron chi connectivity index (χ1n) is 8.23. The number of carbonyl (C=O) groups excluding carboxylic acids is 2. The van der Waals surface area contributed by atoms with Gasteiger partial charge in [0.2, 0.25) is 5.91 Å². The lowest BCUT2D eigenvalue weighted by atomic mass is 10.0. The summed E-state index contributed by atoms with van der Waals surface area (Å²) in [6.45, 7) is 3.23. The zero-order valence-electron chi connectivity index (χ0n) is 13.8. The third-order valence-electron chi connectivity index (χ3n) is 4.64. The van der Waals surface area contributed by atoms with E-state index >= 15 is 0 Å². The first-order valence-corrected chi connectivity index (χ1v) is 9.02. The van der Waals surface area contributed by atoms with Crippen LogP contribution in [0.5, 0.6) is 5.75 Å². The van der Waals surface area contributed by atoms with Crippen LogP contribution in [0.3, 0.4) is 0 Å². The first kappa shape index (κ1) is 17.2. The summed E-state index contributed by atoms with van der Waals surface area (Å²) < 4.78 is 6.22. The predicted octanol–water partition coefficient (Wildman–Crippen LogP) is 1.49. The molecule has 24 heavy (non-hydrogen) atoms. The Balaban J connectivity index is 1.74. The molecular weight excluding hydrogens is 374 g/mol. The molecule has 2 heterocycles. The lowest BCUT2D eigenvalue weighted by molar-refractivity contribution is -0.135. The van der Waals surface area contributed by atoms with Gasteiger partial charge in [-0.15, -0.1) is 0 Å². The van der Waals surface area contributed by atoms with E-state index in [-0.39, 0.29) is 17.9 Å². The number of piperazine rings is 1. The highest BCUT2D eigenvalue weighted by Crippen LogP contribution is 2.26. The van der Waals surface area contributed by atoms with Gasteiger partial charge in [0.25, 0.3) is 5.91 Å². The van der Waals surface area contributed by atoms with Gasteiger partial charge in [0, 0.05) is 36.7 Å². The maximum absolute atomic E-state index is 12.9. The number of benzene rings is 1. The summed E-state index contributed by atoms with van der Waals surface area (Å²) in [7, 11) is 1.57. The van der Waals surface area contributed by atoms with E-state index in [2.05, 4.69) is 21.2 Å². The third kappa shape index (κ3) is 3.57. The molecule has 130 valence electrons. The maximum Gasteiger partial charge on any atom is 0.257 e. The van der Waals surface area contributed by atoms with Crippen molar-refractivity contribution in [1.29, 1.82) is 0 Å². The molecule has 2 amide bonds. The Labute approximate surface area is 150 Å². The zero-order chi connectivity index (χ0) is 17.1. The van der Waals surface area contributed by atoms with Crippen molar-refractivity contribution < 1.29 is 14.3 Å². The van der Waals surface area contributed by atoms with Crippen LogP contribution in [0.25, 0.3) is 0 Å². The summed E-state index contributed by atoms with van der Waals surface area (Å²) in [5, 5.41) is 3.09. The molecule has 1 aromatic carbocycles. The molecule has 0 aromatic heterocycles. The number of nitrogens with zero attached hydrogens (tertiary/aromatic N) is 2. The van der Waals surface area contributed by atoms with E-state index in [1.165, 1.54) is 0 Å². The van der Waals surface area contributed by atoms with Crippen molar-refractivity contribution in [3.8, 4) is 5.75 Å². The van der Waals surface area contributed by atoms with Crippen LogP contribution in [0.4, 0.5) is 0 Å². The van der Waals surface area contributed by atoms with E-state index < -0.39 is 0 Å². The minimum atomic E-state index is -0.0355. The van der Waals surface area contributed by atoms with Gasteiger partial charge in [0.05, 0.1) is 19.2 Å². The standard InChI is InChI=1S/C17H22BrN3O3/c1-24-15-9-12(18)4-5-14(15)17(23)20-7-2-3-13(11-20)21-8-6-19-10-16(21)22/h4-5,9,13,19H,2-3,6-8,10-11H2,1H3. The second-order valence-corrected chi connectivity index (χ2v) is 7.07. The minimum Gasteiger partial charge on any atom is -0.496 e. The molecule has 2 aliphatic rings. The monoisotopic (exact) mass is 395 g/mol. The Bertz CT molecular complexity index is 638. The summed E-state index contributed by atoms with van der Waals surface area (Å²) in [5.74, 6) is 0.656. The van der Waals surface area contributed by atoms with E-state index in [9.17, 15) is 9.59 Å². The number of rotatable bonds is 3. The normalized spacial score (nSPS) is 21.8. The Morgan fingerprint density at radius 3 is 2.96 bits per heavy atom. The van der Waals surface area contributed by atoms with Crippen molar-refractivity contribution in [2.75, 3.05) is 39.8 Å². The average molecular weight is 396 g/mol. The summed E-state index contributed by atoms with van der Waals surface area (Å²) in [5.41, 5.74) is 0.563. The van der Waals surface area contributed by atoms with Crippen LogP contribution in [0, 0.1) is 0 Å². The molecule has 1 aromatic rings. The van der Waals surface area contributed by atoms with Crippen LogP contribution >= 0.6 is 15.9 Å². The molecule has 1 atom stereocenters. The van der Waals surface area contributed by atoms with Crippen LogP contribution in [0.15, 0.2) is 22.7 Å². The highest BCUT2D eigenvalue weighted by Gasteiger charge is 2.32. The Morgan fingerprint density at radius 2 is 2.21 bits per heavy atom. The summed E-state index contributed by atoms with van der Waals surface area (Å²) >= 11 is 3.40. The molecule has 2 aliphatic heterocycles. The van der Waals surface area contributed by atoms with E-state index in [4.69, 9.17) is 4.74 Å². The Hall–Kier alpha value is -1.60. The van der Waals surface area contributed by atoms with E-state index in [1.54, 1.807) is 19.2 Å². The number of nitrogens with one attached hydrogen (secondary N) is 1. The minimum absolute atomic E-state index is 0.0355. The van der Waals surface area contributed by atoms with Gasteiger partial charge < -0.3 is 19.9 Å². The average Bonchev–Trinajstić information content (AvgIpc) is 2.61. The molecule has 2 fully saturated rings. The van der Waals surface area contributed by atoms with Crippen LogP contribution in [-0.2, 0) is 4.79 Å². The van der Waals surface area contributed by atoms with Gasteiger partial charge in [-0.1, -0.05) is 15.9 Å². The van der Waals surface area contributed by atoms with Crippen molar-refractivity contribution in [3.63, 3.8) is 0 Å². The molecule has 0 spiro atoms. The highest BCUT2D eigenvalue weighted by atomic mass is 79.9. The van der Waals surface area contributed by atoms with Gasteiger partial charge in [-0.3, -0.25) is 9.59 Å².